The molecule has 0 aliphatic rings. The minimum Gasteiger partial charge on any atom is -0.331 e. The second kappa shape index (κ2) is 9.19. The van der Waals surface area contributed by atoms with E-state index in [0.717, 1.165) is 0 Å². The van der Waals surface area contributed by atoms with Crippen LogP contribution in [0.3, 0.4) is 0 Å². The highest BCUT2D eigenvalue weighted by Gasteiger charge is 2.29. The van der Waals surface area contributed by atoms with Crippen molar-refractivity contribution in [3.63, 3.8) is 0 Å². The number of hydrogen-bond acceptors (Lipinski definition) is 3. The van der Waals surface area contributed by atoms with E-state index in [1.54, 1.807) is 73.9 Å². The smallest absolute Gasteiger partial charge is 0.280 e. The Labute approximate surface area is 203 Å². The maximum absolute atomic E-state index is 14.6. The van der Waals surface area contributed by atoms with Crippen LogP contribution in [-0.2, 0) is 17.5 Å². The molecular formula is C25H23ClFN3O3S. The van der Waals surface area contributed by atoms with Crippen molar-refractivity contribution in [1.82, 2.24) is 14.3 Å². The Morgan fingerprint density at radius 2 is 1.88 bits per heavy atom. The maximum Gasteiger partial charge on any atom is 0.280 e. The minimum atomic E-state index is -1.72. The molecule has 2 heterocycles. The number of aromatic nitrogens is 2. The maximum atomic E-state index is 14.6. The molecule has 0 aliphatic heterocycles. The van der Waals surface area contributed by atoms with E-state index in [-0.39, 0.29) is 17.8 Å². The number of carbonyl (C=O) groups is 1. The normalized spacial score (nSPS) is 12.6. The van der Waals surface area contributed by atoms with Crippen LogP contribution in [0.5, 0.6) is 0 Å². The summed E-state index contributed by atoms with van der Waals surface area (Å²) >= 11 is 6.28. The molecule has 1 atom stereocenters. The molecule has 0 unspecified atom stereocenters. The van der Waals surface area contributed by atoms with Crippen LogP contribution in [0.25, 0.3) is 22.0 Å². The summed E-state index contributed by atoms with van der Waals surface area (Å²) in [6.45, 7) is 5.23. The molecular weight excluding hydrogens is 477 g/mol. The molecule has 9 heteroatoms. The van der Waals surface area contributed by atoms with Gasteiger partial charge in [0.1, 0.15) is 22.5 Å². The fourth-order valence-corrected chi connectivity index (χ4v) is 4.44. The predicted octanol–water partition coefficient (Wildman–Crippen LogP) is 5.03. The van der Waals surface area contributed by atoms with E-state index >= 15 is 0 Å². The molecule has 6 nitrogen and oxygen atoms in total. The van der Waals surface area contributed by atoms with Gasteiger partial charge in [0.05, 0.1) is 11.3 Å². The third-order valence-corrected chi connectivity index (χ3v) is 7.07. The minimum absolute atomic E-state index is 0.0143. The summed E-state index contributed by atoms with van der Waals surface area (Å²) in [5.74, 6) is -1.07. The van der Waals surface area contributed by atoms with E-state index in [9.17, 15) is 18.2 Å². The largest absolute Gasteiger partial charge is 0.331 e. The van der Waals surface area contributed by atoms with Crippen LogP contribution in [-0.4, -0.2) is 24.4 Å². The van der Waals surface area contributed by atoms with E-state index in [0.29, 0.717) is 27.1 Å². The number of pyridine rings is 1. The first-order valence-electron chi connectivity index (χ1n) is 10.5. The number of carbonyl (C=O) groups excluding carboxylic acids is 1. The number of halogens is 2. The summed E-state index contributed by atoms with van der Waals surface area (Å²) in [7, 11) is -1.72. The van der Waals surface area contributed by atoms with Crippen LogP contribution in [0.1, 0.15) is 36.8 Å². The zero-order valence-electron chi connectivity index (χ0n) is 18.8. The van der Waals surface area contributed by atoms with E-state index in [2.05, 4.69) is 9.71 Å². The van der Waals surface area contributed by atoms with Crippen molar-refractivity contribution >= 4 is 39.4 Å². The number of fused-ring (bicyclic) bond motifs is 1. The molecule has 1 amide bonds. The van der Waals surface area contributed by atoms with Crippen LogP contribution < -0.4 is 10.3 Å². The van der Waals surface area contributed by atoms with Crippen molar-refractivity contribution in [3.05, 3.63) is 93.2 Å². The lowest BCUT2D eigenvalue weighted by molar-refractivity contribution is 0.0974. The standard InChI is InChI=1S/C25H23ClFN3O3S/c1-25(2,3)34(33)29-24(32)22-21(17-8-6-12-28-23(17)31)18-13-16(26)10-11-20(18)30(22)14-15-7-4-5-9-19(15)27/h4-13H,14H2,1-3H3,(H,28,31)(H,29,32)/t34-/m1/s1. The highest BCUT2D eigenvalue weighted by atomic mass is 35.5. The lowest BCUT2D eigenvalue weighted by Crippen LogP contribution is -2.38. The van der Waals surface area contributed by atoms with Crippen LogP contribution in [0.2, 0.25) is 5.02 Å². The number of amides is 1. The van der Waals surface area contributed by atoms with E-state index < -0.39 is 33.0 Å². The van der Waals surface area contributed by atoms with Gasteiger partial charge in [0.25, 0.3) is 11.5 Å². The van der Waals surface area contributed by atoms with Gasteiger partial charge in [-0.2, -0.15) is 0 Å². The van der Waals surface area contributed by atoms with E-state index in [4.69, 9.17) is 11.6 Å². The van der Waals surface area contributed by atoms with Crippen molar-refractivity contribution < 1.29 is 13.4 Å². The summed E-state index contributed by atoms with van der Waals surface area (Å²) < 4.78 is 30.8. The zero-order chi connectivity index (χ0) is 24.6. The van der Waals surface area contributed by atoms with E-state index in [1.807, 2.05) is 0 Å². The van der Waals surface area contributed by atoms with Gasteiger partial charge in [0.15, 0.2) is 0 Å². The fourth-order valence-electron chi connectivity index (χ4n) is 3.70. The molecule has 2 aromatic carbocycles. The van der Waals surface area contributed by atoms with E-state index in [1.165, 1.54) is 12.3 Å². The number of aromatic amines is 1. The molecule has 0 saturated heterocycles. The molecule has 176 valence electrons. The Morgan fingerprint density at radius 1 is 1.15 bits per heavy atom. The molecule has 0 bridgehead atoms. The molecule has 0 saturated carbocycles. The summed E-state index contributed by atoms with van der Waals surface area (Å²) in [4.78, 5) is 29.0. The number of nitrogens with one attached hydrogen (secondary N) is 2. The Balaban J connectivity index is 2.04. The lowest BCUT2D eigenvalue weighted by atomic mass is 10.0. The van der Waals surface area contributed by atoms with Crippen LogP contribution >= 0.6 is 11.6 Å². The second-order valence-electron chi connectivity index (χ2n) is 8.79. The van der Waals surface area contributed by atoms with Gasteiger partial charge in [-0.25, -0.2) is 8.60 Å². The first-order valence-corrected chi connectivity index (χ1v) is 12.1. The molecule has 4 aromatic rings. The quantitative estimate of drug-likeness (QED) is 0.404. The van der Waals surface area contributed by atoms with Gasteiger partial charge in [0, 0.05) is 38.8 Å². The van der Waals surface area contributed by atoms with Crippen molar-refractivity contribution in [2.24, 2.45) is 0 Å². The predicted molar refractivity (Wildman–Crippen MR) is 134 cm³/mol. The Hall–Kier alpha value is -3.23. The molecule has 0 radical (unpaired) electrons. The SMILES string of the molecule is CC(C)(C)[S@@](=O)NC(=O)c1c(-c2ccc[nH]c2=O)c2cc(Cl)ccc2n1Cc1ccccc1F. The molecule has 0 fully saturated rings. The molecule has 0 spiro atoms. The zero-order valence-corrected chi connectivity index (χ0v) is 20.4. The number of nitrogens with zero attached hydrogens (tertiary/aromatic N) is 1. The summed E-state index contributed by atoms with van der Waals surface area (Å²) in [5.41, 5.74) is 1.20. The van der Waals surface area contributed by atoms with Crippen molar-refractivity contribution in [3.8, 4) is 11.1 Å². The van der Waals surface area contributed by atoms with Crippen molar-refractivity contribution in [1.29, 1.82) is 0 Å². The van der Waals surface area contributed by atoms with Crippen LogP contribution in [0, 0.1) is 5.82 Å². The van der Waals surface area contributed by atoms with Gasteiger partial charge >= 0.3 is 0 Å². The van der Waals surface area contributed by atoms with Crippen LogP contribution in [0.15, 0.2) is 65.6 Å². The van der Waals surface area contributed by atoms with Crippen molar-refractivity contribution in [2.75, 3.05) is 0 Å². The van der Waals surface area contributed by atoms with Gasteiger partial charge in [-0.3, -0.25) is 14.3 Å². The summed E-state index contributed by atoms with van der Waals surface area (Å²) in [6, 6.07) is 14.5. The molecule has 2 N–H and O–H groups in total. The highest BCUT2D eigenvalue weighted by Crippen LogP contribution is 2.36. The topological polar surface area (TPSA) is 84.0 Å². The van der Waals surface area contributed by atoms with Gasteiger partial charge in [-0.05, 0) is 57.2 Å². The van der Waals surface area contributed by atoms with Crippen LogP contribution in [0.4, 0.5) is 4.39 Å². The molecule has 4 rings (SSSR count). The second-order valence-corrected chi connectivity index (χ2v) is 11.2. The summed E-state index contributed by atoms with van der Waals surface area (Å²) in [6.07, 6.45) is 1.49. The highest BCUT2D eigenvalue weighted by molar-refractivity contribution is 7.85. The third-order valence-electron chi connectivity index (χ3n) is 5.36. The fraction of sp³-hybridized carbons (Fsp3) is 0.200. The van der Waals surface area contributed by atoms with Gasteiger partial charge in [-0.1, -0.05) is 29.8 Å². The first kappa shape index (κ1) is 23.9. The number of H-pyrrole nitrogens is 1. The molecule has 2 aromatic heterocycles. The average molecular weight is 500 g/mol. The monoisotopic (exact) mass is 499 g/mol. The Kier molecular flexibility index (Phi) is 6.47. The lowest BCUT2D eigenvalue weighted by Gasteiger charge is -2.19. The number of rotatable bonds is 5. The first-order chi connectivity index (χ1) is 16.1. The Bertz CT molecular complexity index is 1490. The number of benzene rings is 2. The van der Waals surface area contributed by atoms with Gasteiger partial charge < -0.3 is 9.55 Å². The third kappa shape index (κ3) is 4.56. The summed E-state index contributed by atoms with van der Waals surface area (Å²) in [5, 5.41) is 0.960. The molecule has 34 heavy (non-hydrogen) atoms. The average Bonchev–Trinajstić information content (AvgIpc) is 3.08. The number of hydrogen-bond donors (Lipinski definition) is 2. The van der Waals surface area contributed by atoms with Crippen molar-refractivity contribution in [2.45, 2.75) is 32.1 Å². The van der Waals surface area contributed by atoms with Gasteiger partial charge in [0.2, 0.25) is 0 Å². The Morgan fingerprint density at radius 3 is 2.56 bits per heavy atom. The molecule has 0 aliphatic carbocycles. The van der Waals surface area contributed by atoms with Gasteiger partial charge in [-0.15, -0.1) is 0 Å².